The van der Waals surface area contributed by atoms with Crippen molar-refractivity contribution in [3.63, 3.8) is 0 Å². The molecule has 3 nitrogen and oxygen atoms in total. The van der Waals surface area contributed by atoms with Gasteiger partial charge in [-0.25, -0.2) is 4.68 Å². The highest BCUT2D eigenvalue weighted by Crippen LogP contribution is 2.13. The Bertz CT molecular complexity index is 471. The summed E-state index contributed by atoms with van der Waals surface area (Å²) in [6.07, 6.45) is 1.94. The monoisotopic (exact) mass is 201 g/mol. The van der Waals surface area contributed by atoms with Gasteiger partial charge in [0.25, 0.3) is 0 Å². The van der Waals surface area contributed by atoms with Crippen molar-refractivity contribution < 1.29 is 0 Å². The number of nitrogens with two attached hydrogens (primary N) is 1. The van der Waals surface area contributed by atoms with Gasteiger partial charge in [-0.2, -0.15) is 5.10 Å². The highest BCUT2D eigenvalue weighted by molar-refractivity contribution is 5.39. The van der Waals surface area contributed by atoms with Crippen molar-refractivity contribution in [2.75, 3.05) is 0 Å². The molecule has 15 heavy (non-hydrogen) atoms. The first-order chi connectivity index (χ1) is 7.20. The molecular weight excluding hydrogens is 186 g/mol. The Morgan fingerprint density at radius 2 is 2.00 bits per heavy atom. The van der Waals surface area contributed by atoms with Gasteiger partial charge in [0.05, 0.1) is 11.4 Å². The number of hydrogen-bond donors (Lipinski definition) is 1. The molecule has 0 amide bonds. The predicted molar refractivity (Wildman–Crippen MR) is 60.9 cm³/mol. The fourth-order valence-electron chi connectivity index (χ4n) is 1.48. The van der Waals surface area contributed by atoms with Gasteiger partial charge in [-0.3, -0.25) is 0 Å². The topological polar surface area (TPSA) is 43.8 Å². The summed E-state index contributed by atoms with van der Waals surface area (Å²) >= 11 is 0. The first-order valence-electron chi connectivity index (χ1n) is 5.03. The average Bonchev–Trinajstić information content (AvgIpc) is 2.70. The van der Waals surface area contributed by atoms with Crippen LogP contribution in [0, 0.1) is 13.8 Å². The molecule has 2 aromatic rings. The minimum Gasteiger partial charge on any atom is -0.325 e. The van der Waals surface area contributed by atoms with Gasteiger partial charge in [-0.1, -0.05) is 6.07 Å². The second-order valence-corrected chi connectivity index (χ2v) is 3.72. The van der Waals surface area contributed by atoms with E-state index < -0.39 is 0 Å². The van der Waals surface area contributed by atoms with Crippen LogP contribution in [-0.2, 0) is 6.54 Å². The van der Waals surface area contributed by atoms with Crippen LogP contribution in [0.4, 0.5) is 0 Å². The third-order valence-electron chi connectivity index (χ3n) is 2.61. The van der Waals surface area contributed by atoms with Gasteiger partial charge in [0, 0.05) is 12.7 Å². The summed E-state index contributed by atoms with van der Waals surface area (Å²) in [7, 11) is 0. The minimum absolute atomic E-state index is 0.484. The second-order valence-electron chi connectivity index (χ2n) is 3.72. The lowest BCUT2D eigenvalue weighted by Crippen LogP contribution is -2.00. The quantitative estimate of drug-likeness (QED) is 0.807. The van der Waals surface area contributed by atoms with E-state index in [4.69, 9.17) is 5.73 Å². The highest BCUT2D eigenvalue weighted by atomic mass is 15.3. The van der Waals surface area contributed by atoms with Gasteiger partial charge >= 0.3 is 0 Å². The maximum Gasteiger partial charge on any atom is 0.0764 e. The Kier molecular flexibility index (Phi) is 2.56. The normalized spacial score (nSPS) is 10.6. The molecule has 2 N–H and O–H groups in total. The fourth-order valence-corrected chi connectivity index (χ4v) is 1.48. The average molecular weight is 201 g/mol. The van der Waals surface area contributed by atoms with Crippen LogP contribution in [0.15, 0.2) is 30.5 Å². The number of nitrogens with zero attached hydrogens (tertiary/aromatic N) is 2. The van der Waals surface area contributed by atoms with E-state index in [-0.39, 0.29) is 0 Å². The van der Waals surface area contributed by atoms with Crippen molar-refractivity contribution in [3.05, 3.63) is 47.3 Å². The molecule has 0 aliphatic heterocycles. The summed E-state index contributed by atoms with van der Waals surface area (Å²) in [4.78, 5) is 0. The molecule has 0 radical (unpaired) electrons. The molecule has 2 rings (SSSR count). The van der Waals surface area contributed by atoms with Gasteiger partial charge in [-0.15, -0.1) is 0 Å². The lowest BCUT2D eigenvalue weighted by atomic mass is 10.1. The molecule has 3 heteroatoms. The smallest absolute Gasteiger partial charge is 0.0764 e. The van der Waals surface area contributed by atoms with Gasteiger partial charge in [0.2, 0.25) is 0 Å². The Morgan fingerprint density at radius 1 is 1.20 bits per heavy atom. The Labute approximate surface area is 89.5 Å². The Morgan fingerprint density at radius 3 is 2.60 bits per heavy atom. The molecule has 0 aliphatic carbocycles. The molecule has 0 saturated heterocycles. The lowest BCUT2D eigenvalue weighted by Gasteiger charge is -2.04. The number of aromatic nitrogens is 2. The first-order valence-corrected chi connectivity index (χ1v) is 5.03. The summed E-state index contributed by atoms with van der Waals surface area (Å²) in [5.41, 5.74) is 10.1. The van der Waals surface area contributed by atoms with Crippen molar-refractivity contribution >= 4 is 0 Å². The van der Waals surface area contributed by atoms with Crippen LogP contribution in [0.25, 0.3) is 5.69 Å². The van der Waals surface area contributed by atoms with Crippen molar-refractivity contribution in [1.82, 2.24) is 9.78 Å². The largest absolute Gasteiger partial charge is 0.325 e. The van der Waals surface area contributed by atoms with Gasteiger partial charge in [0.1, 0.15) is 0 Å². The second kappa shape index (κ2) is 3.87. The summed E-state index contributed by atoms with van der Waals surface area (Å²) in [5, 5.41) is 4.36. The van der Waals surface area contributed by atoms with Gasteiger partial charge in [0.15, 0.2) is 0 Å². The zero-order valence-electron chi connectivity index (χ0n) is 9.07. The summed E-state index contributed by atoms with van der Waals surface area (Å²) < 4.78 is 1.86. The zero-order chi connectivity index (χ0) is 10.8. The highest BCUT2D eigenvalue weighted by Gasteiger charge is 2.00. The van der Waals surface area contributed by atoms with Crippen LogP contribution in [0.5, 0.6) is 0 Å². The van der Waals surface area contributed by atoms with E-state index in [1.807, 2.05) is 16.9 Å². The number of hydrogen-bond acceptors (Lipinski definition) is 2. The molecule has 0 unspecified atom stereocenters. The van der Waals surface area contributed by atoms with E-state index in [1.165, 1.54) is 11.1 Å². The molecule has 0 bridgehead atoms. The summed E-state index contributed by atoms with van der Waals surface area (Å²) in [6, 6.07) is 8.24. The van der Waals surface area contributed by atoms with Crippen molar-refractivity contribution in [3.8, 4) is 5.69 Å². The fraction of sp³-hybridized carbons (Fsp3) is 0.250. The third-order valence-corrected chi connectivity index (χ3v) is 2.61. The van der Waals surface area contributed by atoms with E-state index >= 15 is 0 Å². The maximum atomic E-state index is 5.52. The molecule has 0 spiro atoms. The molecule has 78 valence electrons. The molecule has 0 atom stereocenters. The van der Waals surface area contributed by atoms with Crippen LogP contribution in [0.2, 0.25) is 0 Å². The Hall–Kier alpha value is -1.61. The van der Waals surface area contributed by atoms with Crippen molar-refractivity contribution in [2.24, 2.45) is 5.73 Å². The van der Waals surface area contributed by atoms with Gasteiger partial charge in [-0.05, 0) is 43.2 Å². The molecule has 0 saturated carbocycles. The van der Waals surface area contributed by atoms with Crippen molar-refractivity contribution in [1.29, 1.82) is 0 Å². The predicted octanol–water partition coefficient (Wildman–Crippen LogP) is 1.95. The zero-order valence-corrected chi connectivity index (χ0v) is 9.07. The maximum absolute atomic E-state index is 5.52. The molecule has 1 aromatic carbocycles. The van der Waals surface area contributed by atoms with E-state index in [0.717, 1.165) is 11.4 Å². The van der Waals surface area contributed by atoms with E-state index in [1.54, 1.807) is 0 Å². The first kappa shape index (κ1) is 9.93. The Balaban J connectivity index is 2.40. The van der Waals surface area contributed by atoms with E-state index in [9.17, 15) is 0 Å². The van der Waals surface area contributed by atoms with Crippen LogP contribution >= 0.6 is 0 Å². The molecule has 0 fully saturated rings. The van der Waals surface area contributed by atoms with Crippen LogP contribution in [0.3, 0.4) is 0 Å². The number of rotatable bonds is 2. The van der Waals surface area contributed by atoms with Crippen LogP contribution in [-0.4, -0.2) is 9.78 Å². The summed E-state index contributed by atoms with van der Waals surface area (Å²) in [6.45, 7) is 4.69. The molecule has 1 heterocycles. The van der Waals surface area contributed by atoms with E-state index in [0.29, 0.717) is 6.54 Å². The third kappa shape index (κ3) is 1.92. The van der Waals surface area contributed by atoms with Crippen LogP contribution < -0.4 is 5.73 Å². The molecule has 1 aromatic heterocycles. The summed E-state index contributed by atoms with van der Waals surface area (Å²) in [5.74, 6) is 0. The van der Waals surface area contributed by atoms with Crippen LogP contribution in [0.1, 0.15) is 16.8 Å². The number of aryl methyl sites for hydroxylation is 2. The van der Waals surface area contributed by atoms with E-state index in [2.05, 4.69) is 37.1 Å². The standard InChI is InChI=1S/C12H15N3/c1-9-3-4-12(7-10(9)2)15-6-5-11(8-13)14-15/h3-7H,8,13H2,1-2H3. The lowest BCUT2D eigenvalue weighted by molar-refractivity contribution is 0.832. The SMILES string of the molecule is Cc1ccc(-n2ccc(CN)n2)cc1C. The molecular formula is C12H15N3. The minimum atomic E-state index is 0.484. The number of benzene rings is 1. The molecule has 0 aliphatic rings. The van der Waals surface area contributed by atoms with Crippen molar-refractivity contribution in [2.45, 2.75) is 20.4 Å². The van der Waals surface area contributed by atoms with Gasteiger partial charge < -0.3 is 5.73 Å².